The van der Waals surface area contributed by atoms with Crippen molar-refractivity contribution in [2.75, 3.05) is 40.9 Å². The molecule has 140 valence electrons. The molecule has 0 rings (SSSR count). The van der Waals surface area contributed by atoms with Crippen molar-refractivity contribution in [2.24, 2.45) is 0 Å². The summed E-state index contributed by atoms with van der Waals surface area (Å²) in [4.78, 5) is 37.2. The molecule has 0 aliphatic rings. The highest BCUT2D eigenvalue weighted by atomic mass is 16.5. The maximum atomic E-state index is 11.9. The molecular weight excluding hydrogens is 312 g/mol. The minimum atomic E-state index is -0.599. The zero-order valence-electron chi connectivity index (χ0n) is 15.5. The minimum absolute atomic E-state index is 0.121. The summed E-state index contributed by atoms with van der Waals surface area (Å²) in [6.45, 7) is 2.31. The predicted octanol–water partition coefficient (Wildman–Crippen LogP) is 2.44. The Hall–Kier alpha value is -1.79. The summed E-state index contributed by atoms with van der Waals surface area (Å²) in [6.07, 6.45) is 7.47. The number of nitrogens with zero attached hydrogens (tertiary/aromatic N) is 2. The van der Waals surface area contributed by atoms with Gasteiger partial charge >= 0.3 is 12.1 Å². The Morgan fingerprint density at radius 2 is 1.42 bits per heavy atom. The SMILES string of the molecule is CCCCCCCCCOC(=O)CN(C)C(=O)CN(C)C(=O)OC. The number of amides is 2. The van der Waals surface area contributed by atoms with E-state index >= 15 is 0 Å². The van der Waals surface area contributed by atoms with Gasteiger partial charge in [0.2, 0.25) is 5.91 Å². The summed E-state index contributed by atoms with van der Waals surface area (Å²) in [6, 6.07) is 0. The van der Waals surface area contributed by atoms with Crippen LogP contribution in [0.3, 0.4) is 0 Å². The van der Waals surface area contributed by atoms with Crippen LogP contribution in [0.25, 0.3) is 0 Å². The van der Waals surface area contributed by atoms with Crippen molar-refractivity contribution in [3.05, 3.63) is 0 Å². The fourth-order valence-electron chi connectivity index (χ4n) is 2.12. The Bertz CT molecular complexity index is 387. The molecule has 0 spiro atoms. The van der Waals surface area contributed by atoms with Gasteiger partial charge in [0.15, 0.2) is 0 Å². The first kappa shape index (κ1) is 22.2. The van der Waals surface area contributed by atoms with Crippen LogP contribution in [-0.4, -0.2) is 68.7 Å². The lowest BCUT2D eigenvalue weighted by molar-refractivity contribution is -0.148. The van der Waals surface area contributed by atoms with Gasteiger partial charge in [-0.3, -0.25) is 9.59 Å². The number of hydrogen-bond donors (Lipinski definition) is 0. The van der Waals surface area contributed by atoms with E-state index in [1.807, 2.05) is 0 Å². The number of esters is 1. The van der Waals surface area contributed by atoms with Gasteiger partial charge in [-0.1, -0.05) is 45.4 Å². The highest BCUT2D eigenvalue weighted by Crippen LogP contribution is 2.06. The van der Waals surface area contributed by atoms with Gasteiger partial charge in [0.05, 0.1) is 13.7 Å². The first-order chi connectivity index (χ1) is 11.4. The Morgan fingerprint density at radius 3 is 2.00 bits per heavy atom. The van der Waals surface area contributed by atoms with E-state index in [1.54, 1.807) is 0 Å². The average Bonchev–Trinajstić information content (AvgIpc) is 2.56. The quantitative estimate of drug-likeness (QED) is 0.401. The van der Waals surface area contributed by atoms with E-state index in [9.17, 15) is 14.4 Å². The average molecular weight is 344 g/mol. The monoisotopic (exact) mass is 344 g/mol. The van der Waals surface area contributed by atoms with Gasteiger partial charge in [-0.2, -0.15) is 0 Å². The molecule has 0 N–H and O–H groups in total. The molecule has 0 fully saturated rings. The molecule has 0 aromatic heterocycles. The highest BCUT2D eigenvalue weighted by Gasteiger charge is 2.18. The highest BCUT2D eigenvalue weighted by molar-refractivity contribution is 5.85. The first-order valence-corrected chi connectivity index (χ1v) is 8.61. The second-order valence-corrected chi connectivity index (χ2v) is 5.92. The summed E-state index contributed by atoms with van der Waals surface area (Å²) in [5, 5.41) is 0. The maximum absolute atomic E-state index is 11.9. The van der Waals surface area contributed by atoms with E-state index < -0.39 is 12.1 Å². The third-order valence-electron chi connectivity index (χ3n) is 3.66. The predicted molar refractivity (Wildman–Crippen MR) is 91.6 cm³/mol. The standard InChI is InChI=1S/C17H32N2O5/c1-5-6-7-8-9-10-11-12-24-16(21)14-18(2)15(20)13-19(3)17(22)23-4/h5-14H2,1-4H3. The molecule has 2 amide bonds. The Labute approximate surface area is 145 Å². The van der Waals surface area contributed by atoms with Crippen LogP contribution in [0.15, 0.2) is 0 Å². The van der Waals surface area contributed by atoms with E-state index in [-0.39, 0.29) is 19.0 Å². The van der Waals surface area contributed by atoms with Crippen molar-refractivity contribution in [2.45, 2.75) is 51.9 Å². The van der Waals surface area contributed by atoms with E-state index in [2.05, 4.69) is 11.7 Å². The lowest BCUT2D eigenvalue weighted by Gasteiger charge is -2.20. The van der Waals surface area contributed by atoms with E-state index in [0.29, 0.717) is 6.61 Å². The number of rotatable bonds is 12. The second kappa shape index (κ2) is 13.6. The molecule has 0 aromatic rings. The van der Waals surface area contributed by atoms with Crippen molar-refractivity contribution >= 4 is 18.0 Å². The molecule has 0 saturated carbocycles. The van der Waals surface area contributed by atoms with Gasteiger partial charge in [-0.05, 0) is 6.42 Å². The molecular formula is C17H32N2O5. The van der Waals surface area contributed by atoms with Gasteiger partial charge in [-0.25, -0.2) is 4.79 Å². The van der Waals surface area contributed by atoms with Crippen molar-refractivity contribution in [3.63, 3.8) is 0 Å². The third-order valence-corrected chi connectivity index (χ3v) is 3.66. The van der Waals surface area contributed by atoms with Crippen LogP contribution in [0, 0.1) is 0 Å². The zero-order chi connectivity index (χ0) is 18.4. The van der Waals surface area contributed by atoms with Gasteiger partial charge in [0, 0.05) is 14.1 Å². The summed E-state index contributed by atoms with van der Waals surface area (Å²) in [7, 11) is 4.20. The lowest BCUT2D eigenvalue weighted by Crippen LogP contribution is -2.41. The van der Waals surface area contributed by atoms with Crippen LogP contribution in [0.1, 0.15) is 51.9 Å². The molecule has 0 saturated heterocycles. The molecule has 0 aliphatic carbocycles. The normalized spacial score (nSPS) is 10.2. The van der Waals surface area contributed by atoms with Crippen molar-refractivity contribution < 1.29 is 23.9 Å². The van der Waals surface area contributed by atoms with Gasteiger partial charge in [0.1, 0.15) is 13.1 Å². The summed E-state index contributed by atoms with van der Waals surface area (Å²) >= 11 is 0. The molecule has 0 aliphatic heterocycles. The molecule has 0 heterocycles. The van der Waals surface area contributed by atoms with Crippen LogP contribution in [0.4, 0.5) is 4.79 Å². The molecule has 0 atom stereocenters. The number of carbonyl (C=O) groups is 3. The zero-order valence-corrected chi connectivity index (χ0v) is 15.5. The van der Waals surface area contributed by atoms with Crippen LogP contribution < -0.4 is 0 Å². The minimum Gasteiger partial charge on any atom is -0.464 e. The molecule has 0 bridgehead atoms. The number of ether oxygens (including phenoxy) is 2. The topological polar surface area (TPSA) is 76.2 Å². The summed E-state index contributed by atoms with van der Waals surface area (Å²) in [5.41, 5.74) is 0. The van der Waals surface area contributed by atoms with Crippen molar-refractivity contribution in [1.29, 1.82) is 0 Å². The van der Waals surface area contributed by atoms with Gasteiger partial charge in [0.25, 0.3) is 0 Å². The van der Waals surface area contributed by atoms with Crippen molar-refractivity contribution in [1.82, 2.24) is 9.80 Å². The maximum Gasteiger partial charge on any atom is 0.409 e. The van der Waals surface area contributed by atoms with E-state index in [4.69, 9.17) is 4.74 Å². The Balaban J connectivity index is 3.78. The second-order valence-electron chi connectivity index (χ2n) is 5.92. The fraction of sp³-hybridized carbons (Fsp3) is 0.824. The summed E-state index contributed by atoms with van der Waals surface area (Å²) < 4.78 is 9.63. The third kappa shape index (κ3) is 10.9. The number of likely N-dealkylation sites (N-methyl/N-ethyl adjacent to an activating group) is 2. The van der Waals surface area contributed by atoms with Gasteiger partial charge < -0.3 is 19.3 Å². The van der Waals surface area contributed by atoms with Crippen LogP contribution in [0.5, 0.6) is 0 Å². The van der Waals surface area contributed by atoms with E-state index in [1.165, 1.54) is 51.8 Å². The van der Waals surface area contributed by atoms with Crippen LogP contribution >= 0.6 is 0 Å². The number of unbranched alkanes of at least 4 members (excludes halogenated alkanes) is 6. The lowest BCUT2D eigenvalue weighted by atomic mass is 10.1. The molecule has 7 heteroatoms. The Morgan fingerprint density at radius 1 is 0.833 bits per heavy atom. The number of carbonyl (C=O) groups excluding carboxylic acids is 3. The van der Waals surface area contributed by atoms with E-state index in [0.717, 1.165) is 24.2 Å². The number of methoxy groups -OCH3 is 1. The Kier molecular flexibility index (Phi) is 12.6. The molecule has 24 heavy (non-hydrogen) atoms. The molecule has 0 unspecified atom stereocenters. The number of hydrogen-bond acceptors (Lipinski definition) is 5. The molecule has 0 aromatic carbocycles. The van der Waals surface area contributed by atoms with Gasteiger partial charge in [-0.15, -0.1) is 0 Å². The van der Waals surface area contributed by atoms with Crippen molar-refractivity contribution in [3.8, 4) is 0 Å². The molecule has 0 radical (unpaired) electrons. The molecule has 7 nitrogen and oxygen atoms in total. The fourth-order valence-corrected chi connectivity index (χ4v) is 2.12. The summed E-state index contributed by atoms with van der Waals surface area (Å²) in [5.74, 6) is -0.784. The smallest absolute Gasteiger partial charge is 0.409 e. The largest absolute Gasteiger partial charge is 0.464 e. The first-order valence-electron chi connectivity index (χ1n) is 8.61. The van der Waals surface area contributed by atoms with Crippen LogP contribution in [-0.2, 0) is 19.1 Å². The van der Waals surface area contributed by atoms with Crippen LogP contribution in [0.2, 0.25) is 0 Å².